The molecule has 1 aliphatic heterocycles. The van der Waals surface area contributed by atoms with Gasteiger partial charge in [-0.3, -0.25) is 0 Å². The molecule has 1 aromatic heterocycles. The number of aromatic nitrogens is 2. The second-order valence-electron chi connectivity index (χ2n) is 6.42. The average Bonchev–Trinajstić information content (AvgIpc) is 2.98. The highest BCUT2D eigenvalue weighted by Gasteiger charge is 2.18. The molecule has 6 heteroatoms. The zero-order valence-corrected chi connectivity index (χ0v) is 15.3. The first-order valence-electron chi connectivity index (χ1n) is 8.90. The van der Waals surface area contributed by atoms with E-state index >= 15 is 0 Å². The first-order chi connectivity index (χ1) is 12.2. The molecule has 1 fully saturated rings. The maximum Gasteiger partial charge on any atom is 0.212 e. The van der Waals surface area contributed by atoms with Crippen molar-refractivity contribution in [1.29, 1.82) is 0 Å². The molecule has 2 aromatic rings. The molecule has 0 spiro atoms. The minimum absolute atomic E-state index is 0.120. The predicted octanol–water partition coefficient (Wildman–Crippen LogP) is 4.78. The van der Waals surface area contributed by atoms with Gasteiger partial charge in [0.25, 0.3) is 0 Å². The van der Waals surface area contributed by atoms with Crippen LogP contribution in [0, 0.1) is 5.82 Å². The molecule has 2 heterocycles. The molecule has 25 heavy (non-hydrogen) atoms. The molecule has 1 saturated heterocycles. The number of halogens is 2. The molecule has 1 aromatic carbocycles. The van der Waals surface area contributed by atoms with Crippen molar-refractivity contribution in [2.75, 3.05) is 6.61 Å². The molecule has 0 amide bonds. The van der Waals surface area contributed by atoms with Crippen LogP contribution in [-0.4, -0.2) is 22.5 Å². The maximum absolute atomic E-state index is 13.9. The number of aryl methyl sites for hydroxylation is 1. The van der Waals surface area contributed by atoms with E-state index in [1.54, 1.807) is 6.07 Å². The lowest BCUT2D eigenvalue weighted by atomic mass is 10.1. The molecule has 4 nitrogen and oxygen atoms in total. The number of rotatable bonds is 7. The lowest BCUT2D eigenvalue weighted by molar-refractivity contribution is 0.00229. The first-order valence-corrected chi connectivity index (χ1v) is 9.28. The van der Waals surface area contributed by atoms with Crippen LogP contribution in [0.3, 0.4) is 0 Å². The van der Waals surface area contributed by atoms with Crippen LogP contribution in [0.1, 0.15) is 43.9 Å². The fraction of sp³-hybridized carbons (Fsp3) is 0.526. The Labute approximate surface area is 152 Å². The lowest BCUT2D eigenvalue weighted by Crippen LogP contribution is -2.25. The molecule has 1 aliphatic rings. The SMILES string of the molecule is CCCc1cc(OCc2cc(Cl)ccc2F)n(CC2CCCCO2)n1. The van der Waals surface area contributed by atoms with Gasteiger partial charge in [-0.05, 0) is 43.9 Å². The highest BCUT2D eigenvalue weighted by atomic mass is 35.5. The number of benzene rings is 1. The Morgan fingerprint density at radius 3 is 3.00 bits per heavy atom. The summed E-state index contributed by atoms with van der Waals surface area (Å²) in [6.45, 7) is 3.70. The average molecular weight is 367 g/mol. The zero-order chi connectivity index (χ0) is 17.6. The summed E-state index contributed by atoms with van der Waals surface area (Å²) in [5, 5.41) is 5.13. The van der Waals surface area contributed by atoms with E-state index in [4.69, 9.17) is 21.1 Å². The fourth-order valence-electron chi connectivity index (χ4n) is 3.03. The molecular weight excluding hydrogens is 343 g/mol. The molecule has 0 radical (unpaired) electrons. The molecule has 1 atom stereocenters. The van der Waals surface area contributed by atoms with E-state index in [-0.39, 0.29) is 18.5 Å². The molecule has 0 bridgehead atoms. The van der Waals surface area contributed by atoms with Crippen LogP contribution < -0.4 is 4.74 Å². The van der Waals surface area contributed by atoms with Crippen LogP contribution in [-0.2, 0) is 24.3 Å². The minimum Gasteiger partial charge on any atom is -0.473 e. The van der Waals surface area contributed by atoms with Crippen molar-refractivity contribution in [1.82, 2.24) is 9.78 Å². The summed E-state index contributed by atoms with van der Waals surface area (Å²) in [7, 11) is 0. The van der Waals surface area contributed by atoms with Crippen LogP contribution in [0.15, 0.2) is 24.3 Å². The summed E-state index contributed by atoms with van der Waals surface area (Å²) in [5.74, 6) is 0.330. The molecule has 0 saturated carbocycles. The zero-order valence-electron chi connectivity index (χ0n) is 14.5. The topological polar surface area (TPSA) is 36.3 Å². The van der Waals surface area contributed by atoms with Crippen molar-refractivity contribution < 1.29 is 13.9 Å². The van der Waals surface area contributed by atoms with E-state index in [0.29, 0.717) is 23.0 Å². The van der Waals surface area contributed by atoms with Crippen molar-refractivity contribution in [3.05, 3.63) is 46.4 Å². The van der Waals surface area contributed by atoms with Crippen LogP contribution in [0.5, 0.6) is 5.88 Å². The predicted molar refractivity (Wildman–Crippen MR) is 95.6 cm³/mol. The van der Waals surface area contributed by atoms with Crippen LogP contribution >= 0.6 is 11.6 Å². The van der Waals surface area contributed by atoms with Crippen molar-refractivity contribution >= 4 is 11.6 Å². The number of hydrogen-bond acceptors (Lipinski definition) is 3. The van der Waals surface area contributed by atoms with E-state index in [1.807, 2.05) is 10.7 Å². The Morgan fingerprint density at radius 1 is 1.36 bits per heavy atom. The summed E-state index contributed by atoms with van der Waals surface area (Å²) < 4.78 is 27.4. The Balaban J connectivity index is 1.72. The molecule has 0 N–H and O–H groups in total. The van der Waals surface area contributed by atoms with Gasteiger partial charge in [-0.15, -0.1) is 0 Å². The molecular formula is C19H24ClFN2O2. The van der Waals surface area contributed by atoms with E-state index in [1.165, 1.54) is 18.6 Å². The third-order valence-corrected chi connectivity index (χ3v) is 4.57. The van der Waals surface area contributed by atoms with Crippen LogP contribution in [0.25, 0.3) is 0 Å². The van der Waals surface area contributed by atoms with Crippen molar-refractivity contribution in [3.8, 4) is 5.88 Å². The monoisotopic (exact) mass is 366 g/mol. The number of ether oxygens (including phenoxy) is 2. The number of hydrogen-bond donors (Lipinski definition) is 0. The highest BCUT2D eigenvalue weighted by molar-refractivity contribution is 6.30. The van der Waals surface area contributed by atoms with Gasteiger partial charge >= 0.3 is 0 Å². The lowest BCUT2D eigenvalue weighted by Gasteiger charge is -2.23. The van der Waals surface area contributed by atoms with Gasteiger partial charge in [-0.25, -0.2) is 9.07 Å². The Bertz CT molecular complexity index is 699. The largest absolute Gasteiger partial charge is 0.473 e. The molecule has 1 unspecified atom stereocenters. The molecule has 0 aliphatic carbocycles. The van der Waals surface area contributed by atoms with Gasteiger partial charge in [0.1, 0.15) is 12.4 Å². The second kappa shape index (κ2) is 8.68. The van der Waals surface area contributed by atoms with Crippen molar-refractivity contribution in [2.24, 2.45) is 0 Å². The van der Waals surface area contributed by atoms with Crippen molar-refractivity contribution in [2.45, 2.75) is 58.3 Å². The van der Waals surface area contributed by atoms with Gasteiger partial charge in [0.05, 0.1) is 18.3 Å². The van der Waals surface area contributed by atoms with E-state index in [0.717, 1.165) is 38.0 Å². The Morgan fingerprint density at radius 2 is 2.24 bits per heavy atom. The van der Waals surface area contributed by atoms with Crippen LogP contribution in [0.2, 0.25) is 5.02 Å². The normalized spacial score (nSPS) is 17.6. The van der Waals surface area contributed by atoms with Gasteiger partial charge < -0.3 is 9.47 Å². The molecule has 136 valence electrons. The third kappa shape index (κ3) is 4.95. The fourth-order valence-corrected chi connectivity index (χ4v) is 3.22. The van der Waals surface area contributed by atoms with E-state index in [9.17, 15) is 4.39 Å². The Kier molecular flexibility index (Phi) is 6.32. The smallest absolute Gasteiger partial charge is 0.212 e. The third-order valence-electron chi connectivity index (χ3n) is 4.33. The van der Waals surface area contributed by atoms with Gasteiger partial charge in [0.15, 0.2) is 0 Å². The maximum atomic E-state index is 13.9. The summed E-state index contributed by atoms with van der Waals surface area (Å²) >= 11 is 5.95. The Hall–Kier alpha value is -1.59. The quantitative estimate of drug-likeness (QED) is 0.707. The van der Waals surface area contributed by atoms with Gasteiger partial charge in [0, 0.05) is 23.3 Å². The minimum atomic E-state index is -0.320. The first kappa shape index (κ1) is 18.2. The standard InChI is InChI=1S/C19H24ClFN2O2/c1-2-5-16-11-19(23(22-16)12-17-6-3-4-9-24-17)25-13-14-10-15(20)7-8-18(14)21/h7-8,10-11,17H,2-6,9,12-13H2,1H3. The van der Waals surface area contributed by atoms with Gasteiger partial charge in [-0.1, -0.05) is 24.9 Å². The highest BCUT2D eigenvalue weighted by Crippen LogP contribution is 2.22. The van der Waals surface area contributed by atoms with Crippen molar-refractivity contribution in [3.63, 3.8) is 0 Å². The summed E-state index contributed by atoms with van der Waals surface area (Å²) in [4.78, 5) is 0. The summed E-state index contributed by atoms with van der Waals surface area (Å²) in [5.41, 5.74) is 1.42. The van der Waals surface area contributed by atoms with Gasteiger partial charge in [0.2, 0.25) is 5.88 Å². The summed E-state index contributed by atoms with van der Waals surface area (Å²) in [6, 6.07) is 6.42. The second-order valence-corrected chi connectivity index (χ2v) is 6.86. The van der Waals surface area contributed by atoms with E-state index in [2.05, 4.69) is 12.0 Å². The van der Waals surface area contributed by atoms with E-state index < -0.39 is 0 Å². The number of nitrogens with zero attached hydrogens (tertiary/aromatic N) is 2. The summed E-state index contributed by atoms with van der Waals surface area (Å²) in [6.07, 6.45) is 5.39. The molecule has 3 rings (SSSR count). The van der Waals surface area contributed by atoms with Crippen LogP contribution in [0.4, 0.5) is 4.39 Å². The van der Waals surface area contributed by atoms with Gasteiger partial charge in [-0.2, -0.15) is 5.10 Å².